The number of ether oxygens (including phenoxy) is 1. The van der Waals surface area contributed by atoms with E-state index in [1.165, 1.54) is 19.1 Å². The highest BCUT2D eigenvalue weighted by atomic mass is 32.2. The van der Waals surface area contributed by atoms with Gasteiger partial charge in [0.25, 0.3) is 10.0 Å². The van der Waals surface area contributed by atoms with Crippen LogP contribution in [0.4, 0.5) is 0 Å². The number of carbonyl (C=O) groups is 1. The van der Waals surface area contributed by atoms with Crippen LogP contribution in [0, 0.1) is 6.92 Å². The Morgan fingerprint density at radius 3 is 2.42 bits per heavy atom. The first kappa shape index (κ1) is 15.2. The van der Waals surface area contributed by atoms with E-state index < -0.39 is 16.0 Å². The smallest absolute Gasteiger partial charge is 0.354 e. The molecule has 0 saturated carbocycles. The van der Waals surface area contributed by atoms with Gasteiger partial charge in [0.2, 0.25) is 0 Å². The van der Waals surface area contributed by atoms with Gasteiger partial charge < -0.3 is 4.74 Å². The summed E-state index contributed by atoms with van der Waals surface area (Å²) in [6.07, 6.45) is 0. The predicted molar refractivity (Wildman–Crippen MR) is 71.2 cm³/mol. The number of hydrogen-bond acceptors (Lipinski definition) is 5. The van der Waals surface area contributed by atoms with Gasteiger partial charge >= 0.3 is 5.97 Å². The normalized spacial score (nSPS) is 12.1. The van der Waals surface area contributed by atoms with Crippen molar-refractivity contribution in [1.82, 2.24) is 4.83 Å². The van der Waals surface area contributed by atoms with E-state index >= 15 is 0 Å². The van der Waals surface area contributed by atoms with E-state index in [1.807, 2.05) is 11.8 Å². The van der Waals surface area contributed by atoms with E-state index in [0.717, 1.165) is 5.56 Å². The first-order valence-electron chi connectivity index (χ1n) is 5.66. The molecule has 0 aliphatic heterocycles. The van der Waals surface area contributed by atoms with Crippen LogP contribution in [0.25, 0.3) is 0 Å². The molecule has 104 valence electrons. The third kappa shape index (κ3) is 4.36. The molecule has 0 amide bonds. The number of nitrogens with zero attached hydrogens (tertiary/aromatic N) is 1. The third-order valence-electron chi connectivity index (χ3n) is 2.24. The highest BCUT2D eigenvalue weighted by Crippen LogP contribution is 2.09. The molecule has 19 heavy (non-hydrogen) atoms. The van der Waals surface area contributed by atoms with Gasteiger partial charge in [-0.1, -0.05) is 17.7 Å². The number of benzene rings is 1. The summed E-state index contributed by atoms with van der Waals surface area (Å²) < 4.78 is 28.4. The minimum Gasteiger partial charge on any atom is -0.461 e. The van der Waals surface area contributed by atoms with Crippen molar-refractivity contribution < 1.29 is 17.9 Å². The standard InChI is InChI=1S/C12H16N2O4S/c1-4-18-12(15)10(3)13-14-19(16,17)11-7-5-9(2)6-8-11/h5-8,14H,4H2,1-3H3/b13-10-. The first-order valence-corrected chi connectivity index (χ1v) is 7.15. The molecule has 1 aromatic rings. The van der Waals surface area contributed by atoms with Crippen LogP contribution in [0.3, 0.4) is 0 Å². The number of hydrogen-bond donors (Lipinski definition) is 1. The maximum absolute atomic E-state index is 11.9. The number of nitrogens with one attached hydrogen (secondary N) is 1. The number of hydrazone groups is 1. The fourth-order valence-corrected chi connectivity index (χ4v) is 2.04. The molecule has 0 radical (unpaired) electrons. The van der Waals surface area contributed by atoms with Crippen molar-refractivity contribution in [3.05, 3.63) is 29.8 Å². The van der Waals surface area contributed by atoms with Gasteiger partial charge in [0.15, 0.2) is 0 Å². The van der Waals surface area contributed by atoms with Crippen molar-refractivity contribution in [3.63, 3.8) is 0 Å². The molecule has 6 nitrogen and oxygen atoms in total. The highest BCUT2D eigenvalue weighted by Gasteiger charge is 2.14. The van der Waals surface area contributed by atoms with E-state index in [0.29, 0.717) is 0 Å². The average Bonchev–Trinajstić information content (AvgIpc) is 2.37. The SMILES string of the molecule is CCOC(=O)/C(C)=N\NS(=O)(=O)c1ccc(C)cc1. The van der Waals surface area contributed by atoms with Gasteiger partial charge in [0.05, 0.1) is 11.5 Å². The quantitative estimate of drug-likeness (QED) is 0.500. The van der Waals surface area contributed by atoms with Crippen LogP contribution < -0.4 is 4.83 Å². The van der Waals surface area contributed by atoms with Crippen molar-refractivity contribution in [1.29, 1.82) is 0 Å². The Labute approximate surface area is 112 Å². The van der Waals surface area contributed by atoms with Crippen LogP contribution in [-0.4, -0.2) is 26.7 Å². The molecule has 1 rings (SSSR count). The lowest BCUT2D eigenvalue weighted by Gasteiger charge is -2.05. The van der Waals surface area contributed by atoms with Crippen LogP contribution in [-0.2, 0) is 19.6 Å². The Kier molecular flexibility index (Phi) is 5.05. The van der Waals surface area contributed by atoms with Gasteiger partial charge in [-0.2, -0.15) is 18.4 Å². The predicted octanol–water partition coefficient (Wildman–Crippen LogP) is 1.21. The van der Waals surface area contributed by atoms with Gasteiger partial charge in [0.1, 0.15) is 5.71 Å². The fraction of sp³-hybridized carbons (Fsp3) is 0.333. The van der Waals surface area contributed by atoms with Crippen molar-refractivity contribution in [3.8, 4) is 0 Å². The Hall–Kier alpha value is -1.89. The second-order valence-corrected chi connectivity index (χ2v) is 5.49. The van der Waals surface area contributed by atoms with Crippen LogP contribution in [0.15, 0.2) is 34.3 Å². The zero-order chi connectivity index (χ0) is 14.5. The molecule has 7 heteroatoms. The van der Waals surface area contributed by atoms with E-state index in [2.05, 4.69) is 9.84 Å². The van der Waals surface area contributed by atoms with Gasteiger partial charge in [0, 0.05) is 0 Å². The highest BCUT2D eigenvalue weighted by molar-refractivity contribution is 7.89. The Balaban J connectivity index is 2.83. The molecule has 0 bridgehead atoms. The molecule has 0 fully saturated rings. The maximum Gasteiger partial charge on any atom is 0.354 e. The van der Waals surface area contributed by atoms with E-state index in [4.69, 9.17) is 0 Å². The molecule has 0 aliphatic carbocycles. The van der Waals surface area contributed by atoms with Crippen LogP contribution >= 0.6 is 0 Å². The van der Waals surface area contributed by atoms with Gasteiger partial charge in [-0.05, 0) is 32.9 Å². The van der Waals surface area contributed by atoms with Crippen molar-refractivity contribution >= 4 is 21.7 Å². The lowest BCUT2D eigenvalue weighted by Crippen LogP contribution is -2.23. The monoisotopic (exact) mass is 284 g/mol. The number of aryl methyl sites for hydroxylation is 1. The molecule has 0 aliphatic rings. The summed E-state index contributed by atoms with van der Waals surface area (Å²) in [7, 11) is -3.77. The summed E-state index contributed by atoms with van der Waals surface area (Å²) >= 11 is 0. The molecular formula is C12H16N2O4S. The largest absolute Gasteiger partial charge is 0.461 e. The second kappa shape index (κ2) is 6.33. The van der Waals surface area contributed by atoms with Crippen LogP contribution in [0.2, 0.25) is 0 Å². The van der Waals surface area contributed by atoms with Crippen molar-refractivity contribution in [2.24, 2.45) is 5.10 Å². The lowest BCUT2D eigenvalue weighted by molar-refractivity contribution is -0.135. The van der Waals surface area contributed by atoms with Crippen molar-refractivity contribution in [2.45, 2.75) is 25.7 Å². The third-order valence-corrected chi connectivity index (χ3v) is 3.46. The van der Waals surface area contributed by atoms with Gasteiger partial charge in [-0.15, -0.1) is 0 Å². The molecular weight excluding hydrogens is 268 g/mol. The van der Waals surface area contributed by atoms with Gasteiger partial charge in [-0.25, -0.2) is 4.79 Å². The van der Waals surface area contributed by atoms with Crippen molar-refractivity contribution in [2.75, 3.05) is 6.61 Å². The first-order chi connectivity index (χ1) is 8.86. The summed E-state index contributed by atoms with van der Waals surface area (Å²) in [6.45, 7) is 5.08. The Morgan fingerprint density at radius 1 is 1.32 bits per heavy atom. The van der Waals surface area contributed by atoms with E-state index in [-0.39, 0.29) is 17.2 Å². The summed E-state index contributed by atoms with van der Waals surface area (Å²) in [4.78, 5) is 13.3. The Bertz CT molecular complexity index is 576. The average molecular weight is 284 g/mol. The summed E-state index contributed by atoms with van der Waals surface area (Å²) in [6, 6.07) is 6.28. The zero-order valence-corrected chi connectivity index (χ0v) is 11.8. The molecule has 0 spiro atoms. The molecule has 1 N–H and O–H groups in total. The van der Waals surface area contributed by atoms with E-state index in [1.54, 1.807) is 19.1 Å². The molecule has 0 atom stereocenters. The zero-order valence-electron chi connectivity index (χ0n) is 11.0. The summed E-state index contributed by atoms with van der Waals surface area (Å²) in [5.41, 5.74) is 0.891. The number of esters is 1. The topological polar surface area (TPSA) is 84.8 Å². The van der Waals surface area contributed by atoms with E-state index in [9.17, 15) is 13.2 Å². The molecule has 1 aromatic carbocycles. The maximum atomic E-state index is 11.9. The molecule has 0 saturated heterocycles. The van der Waals surface area contributed by atoms with Crippen LogP contribution in [0.5, 0.6) is 0 Å². The number of carbonyl (C=O) groups excluding carboxylic acids is 1. The minimum absolute atomic E-state index is 0.0578. The summed E-state index contributed by atoms with van der Waals surface area (Å²) in [5, 5.41) is 3.52. The second-order valence-electron chi connectivity index (χ2n) is 3.83. The summed E-state index contributed by atoms with van der Waals surface area (Å²) in [5.74, 6) is -0.658. The number of rotatable bonds is 5. The van der Waals surface area contributed by atoms with Crippen LogP contribution in [0.1, 0.15) is 19.4 Å². The Morgan fingerprint density at radius 2 is 1.89 bits per heavy atom. The minimum atomic E-state index is -3.77. The molecule has 0 unspecified atom stereocenters. The molecule has 0 heterocycles. The van der Waals surface area contributed by atoms with Gasteiger partial charge in [-0.3, -0.25) is 0 Å². The lowest BCUT2D eigenvalue weighted by atomic mass is 10.2. The molecule has 0 aromatic heterocycles. The fourth-order valence-electron chi connectivity index (χ4n) is 1.18. The number of sulfonamides is 1.